The van der Waals surface area contributed by atoms with Crippen LogP contribution in [0.3, 0.4) is 0 Å². The third-order valence-electron chi connectivity index (χ3n) is 2.59. The van der Waals surface area contributed by atoms with Crippen molar-refractivity contribution in [3.63, 3.8) is 0 Å². The molecule has 0 aromatic carbocycles. The van der Waals surface area contributed by atoms with Gasteiger partial charge in [0, 0.05) is 104 Å². The molecule has 2 aromatic heterocycles. The maximum Gasteiger partial charge on any atom is 0.0248 e. The first-order valence-corrected chi connectivity index (χ1v) is 4.92. The Balaban J connectivity index is -0.000000225. The van der Waals surface area contributed by atoms with Crippen molar-refractivity contribution in [2.24, 2.45) is 0 Å². The molecule has 0 unspecified atom stereocenters. The van der Waals surface area contributed by atoms with Gasteiger partial charge in [-0.25, -0.2) is 6.92 Å². The van der Waals surface area contributed by atoms with Gasteiger partial charge in [0.05, 0.1) is 0 Å². The van der Waals surface area contributed by atoms with Gasteiger partial charge in [-0.2, -0.15) is 5.56 Å². The first kappa shape index (κ1) is 28.7. The molecule has 1 nitrogen and oxygen atoms in total. The summed E-state index contributed by atoms with van der Waals surface area (Å²) in [7, 11) is 0. The third-order valence-corrected chi connectivity index (χ3v) is 2.59. The van der Waals surface area contributed by atoms with Crippen LogP contribution in [0, 0.1) is 6.92 Å². The van der Waals surface area contributed by atoms with Crippen molar-refractivity contribution in [3.05, 3.63) is 48.6 Å². The smallest absolute Gasteiger partial charge is 0.0248 e. The van der Waals surface area contributed by atoms with Crippen LogP contribution >= 0.6 is 0 Å². The molecule has 0 saturated carbocycles. The minimum Gasteiger partial charge on any atom is -0.353 e. The molecule has 0 atom stereocenters. The molecule has 0 fully saturated rings. The number of aromatic nitrogens is 1. The van der Waals surface area contributed by atoms with Crippen LogP contribution in [0.1, 0.15) is 32.0 Å². The molecule has 0 N–H and O–H groups in total. The van der Waals surface area contributed by atoms with E-state index in [0.717, 1.165) is 5.69 Å². The second-order valence-corrected chi connectivity index (χ2v) is 4.75. The van der Waals surface area contributed by atoms with Gasteiger partial charge in [-0.15, -0.1) is 11.8 Å². The summed E-state index contributed by atoms with van der Waals surface area (Å²) in [5, 5.41) is 0. The van der Waals surface area contributed by atoms with E-state index >= 15 is 0 Å². The Morgan fingerprint density at radius 3 is 1.89 bits per heavy atom. The van der Waals surface area contributed by atoms with Gasteiger partial charge in [0.25, 0.3) is 0 Å². The van der Waals surface area contributed by atoms with Gasteiger partial charge in [-0.05, 0) is 12.1 Å². The molecule has 0 amide bonds. The van der Waals surface area contributed by atoms with E-state index in [-0.39, 0.29) is 98.2 Å². The largest absolute Gasteiger partial charge is 0.353 e. The summed E-state index contributed by atoms with van der Waals surface area (Å²) in [5.74, 6) is 0. The zero-order valence-electron chi connectivity index (χ0n) is 11.3. The van der Waals surface area contributed by atoms with Gasteiger partial charge in [0.1, 0.15) is 0 Å². The predicted octanol–water partition coefficient (Wildman–Crippen LogP) is 3.41. The van der Waals surface area contributed by atoms with E-state index in [1.54, 1.807) is 0 Å². The molecule has 0 bridgehead atoms. The SMILES string of the molecule is [CH2-]c1c(C(C)(C)C)cc2ccccn12.[V].[V].[V].[V].[V]. The molecule has 0 aliphatic heterocycles. The summed E-state index contributed by atoms with van der Waals surface area (Å²) in [6, 6.07) is 8.43. The van der Waals surface area contributed by atoms with Crippen molar-refractivity contribution < 1.29 is 92.8 Å². The second-order valence-electron chi connectivity index (χ2n) is 4.75. The molecular formula is C13H16NV5-. The van der Waals surface area contributed by atoms with E-state index in [1.165, 1.54) is 11.1 Å². The van der Waals surface area contributed by atoms with Crippen molar-refractivity contribution in [2.75, 3.05) is 0 Å². The van der Waals surface area contributed by atoms with Crippen molar-refractivity contribution in [1.82, 2.24) is 4.40 Å². The van der Waals surface area contributed by atoms with E-state index in [0.29, 0.717) is 0 Å². The monoisotopic (exact) mass is 441 g/mol. The molecule has 2 rings (SSSR count). The summed E-state index contributed by atoms with van der Waals surface area (Å²) < 4.78 is 2.14. The maximum atomic E-state index is 4.14. The van der Waals surface area contributed by atoms with Gasteiger partial charge in [-0.3, -0.25) is 0 Å². The fourth-order valence-corrected chi connectivity index (χ4v) is 1.83. The van der Waals surface area contributed by atoms with E-state index in [1.807, 2.05) is 6.07 Å². The van der Waals surface area contributed by atoms with Crippen LogP contribution in [0.2, 0.25) is 0 Å². The number of pyridine rings is 1. The van der Waals surface area contributed by atoms with Gasteiger partial charge >= 0.3 is 0 Å². The Hall–Kier alpha value is 1.55. The Labute approximate surface area is 175 Å². The van der Waals surface area contributed by atoms with Crippen LogP contribution in [0.25, 0.3) is 5.52 Å². The Morgan fingerprint density at radius 2 is 1.47 bits per heavy atom. The van der Waals surface area contributed by atoms with Crippen molar-refractivity contribution in [1.29, 1.82) is 0 Å². The minimum atomic E-state index is 0. The maximum absolute atomic E-state index is 4.14. The van der Waals surface area contributed by atoms with Crippen LogP contribution < -0.4 is 0 Å². The second kappa shape index (κ2) is 11.2. The van der Waals surface area contributed by atoms with Crippen LogP contribution in [0.5, 0.6) is 0 Å². The van der Waals surface area contributed by atoms with Gasteiger partial charge in [-0.1, -0.05) is 32.3 Å². The van der Waals surface area contributed by atoms with Crippen LogP contribution in [0.15, 0.2) is 30.5 Å². The summed E-state index contributed by atoms with van der Waals surface area (Å²) in [6.07, 6.45) is 2.06. The fourth-order valence-electron chi connectivity index (χ4n) is 1.83. The van der Waals surface area contributed by atoms with E-state index in [4.69, 9.17) is 0 Å². The molecule has 5 radical (unpaired) electrons. The first-order chi connectivity index (χ1) is 6.50. The number of hydrogen-bond donors (Lipinski definition) is 0. The van der Waals surface area contributed by atoms with Gasteiger partial charge in [0.2, 0.25) is 0 Å². The van der Waals surface area contributed by atoms with Crippen molar-refractivity contribution >= 4 is 5.52 Å². The van der Waals surface area contributed by atoms with Gasteiger partial charge in [0.15, 0.2) is 0 Å². The molecule has 2 heterocycles. The molecular weight excluding hydrogens is 425 g/mol. The van der Waals surface area contributed by atoms with E-state index < -0.39 is 0 Å². The summed E-state index contributed by atoms with van der Waals surface area (Å²) in [4.78, 5) is 0. The molecule has 99 valence electrons. The summed E-state index contributed by atoms with van der Waals surface area (Å²) in [5.41, 5.74) is 3.82. The number of rotatable bonds is 0. The molecule has 0 aliphatic carbocycles. The molecule has 2 aromatic rings. The average Bonchev–Trinajstić information content (AvgIpc) is 2.44. The Kier molecular flexibility index (Phi) is 16.8. The quantitative estimate of drug-likeness (QED) is 0.553. The molecule has 0 aliphatic rings. The van der Waals surface area contributed by atoms with Crippen LogP contribution in [-0.2, 0) is 98.2 Å². The minimum absolute atomic E-state index is 0. The number of hydrogen-bond acceptors (Lipinski definition) is 0. The average molecular weight is 441 g/mol. The van der Waals surface area contributed by atoms with Crippen LogP contribution in [0.4, 0.5) is 0 Å². The third kappa shape index (κ3) is 6.45. The van der Waals surface area contributed by atoms with Gasteiger partial charge < -0.3 is 4.40 Å². The molecule has 19 heavy (non-hydrogen) atoms. The van der Waals surface area contributed by atoms with Crippen molar-refractivity contribution in [2.45, 2.75) is 26.2 Å². The van der Waals surface area contributed by atoms with Crippen LogP contribution in [-0.4, -0.2) is 4.40 Å². The van der Waals surface area contributed by atoms with E-state index in [2.05, 4.69) is 56.5 Å². The predicted molar refractivity (Wildman–Crippen MR) is 60.6 cm³/mol. The standard InChI is InChI=1S/C13H16N.5V/c1-10-12(13(2,3)4)9-11-7-5-6-8-14(10)11;;;;;/h5-9H,1H2,2-4H3;;;;;/q-1;;;;;. The van der Waals surface area contributed by atoms with Crippen molar-refractivity contribution in [3.8, 4) is 0 Å². The normalized spacial score (nSPS) is 9.00. The Morgan fingerprint density at radius 1 is 0.947 bits per heavy atom. The first-order valence-electron chi connectivity index (χ1n) is 4.92. The Bertz CT molecular complexity index is 473. The number of nitrogens with zero attached hydrogens (tertiary/aromatic N) is 1. The summed E-state index contributed by atoms with van der Waals surface area (Å²) >= 11 is 0. The molecule has 0 spiro atoms. The molecule has 6 heteroatoms. The zero-order valence-corrected chi connectivity index (χ0v) is 18.3. The van der Waals surface area contributed by atoms with E-state index in [9.17, 15) is 0 Å². The molecule has 0 saturated heterocycles. The zero-order chi connectivity index (χ0) is 10.3. The topological polar surface area (TPSA) is 4.41 Å². The fraction of sp³-hybridized carbons (Fsp3) is 0.308. The summed E-state index contributed by atoms with van der Waals surface area (Å²) in [6.45, 7) is 10.8. The number of fused-ring (bicyclic) bond motifs is 1.